The monoisotopic (exact) mass is 230 g/mol. The Hall–Kier alpha value is -2.04. The maximum Gasteiger partial charge on any atom is 0.268 e. The molecule has 0 bridgehead atoms. The Morgan fingerprint density at radius 2 is 2.47 bits per heavy atom. The average Bonchev–Trinajstić information content (AvgIpc) is 2.88. The van der Waals surface area contributed by atoms with E-state index in [1.807, 2.05) is 18.3 Å². The zero-order chi connectivity index (χ0) is 11.7. The molecule has 1 saturated carbocycles. The van der Waals surface area contributed by atoms with Crippen molar-refractivity contribution in [1.82, 2.24) is 19.9 Å². The molecule has 0 aliphatic heterocycles. The number of H-pyrrole nitrogens is 1. The standard InChI is InChI=1S/C12H14N4O/c17-12(14-7-9-6-13-8-15-9)11-2-1-5-16(11)10-3-4-10/h1-2,5-6,8,10H,3-4,7H2,(H,13,15)(H,14,17). The SMILES string of the molecule is O=C(NCc1cnc[nH]1)c1cccn1C1CC1. The molecule has 2 aromatic heterocycles. The lowest BCUT2D eigenvalue weighted by Gasteiger charge is -2.07. The van der Waals surface area contributed by atoms with Gasteiger partial charge >= 0.3 is 0 Å². The molecule has 1 aliphatic carbocycles. The molecule has 17 heavy (non-hydrogen) atoms. The Morgan fingerprint density at radius 1 is 1.59 bits per heavy atom. The summed E-state index contributed by atoms with van der Waals surface area (Å²) in [5.41, 5.74) is 1.65. The van der Waals surface area contributed by atoms with E-state index in [9.17, 15) is 4.79 Å². The van der Waals surface area contributed by atoms with Crippen LogP contribution in [-0.2, 0) is 6.54 Å². The second-order valence-corrected chi connectivity index (χ2v) is 4.29. The van der Waals surface area contributed by atoms with Gasteiger partial charge in [0.25, 0.3) is 5.91 Å². The molecule has 1 amide bonds. The largest absolute Gasteiger partial charge is 0.347 e. The summed E-state index contributed by atoms with van der Waals surface area (Å²) in [5.74, 6) is -0.0310. The van der Waals surface area contributed by atoms with Gasteiger partial charge in [-0.2, -0.15) is 0 Å². The molecule has 2 N–H and O–H groups in total. The highest BCUT2D eigenvalue weighted by Gasteiger charge is 2.26. The average molecular weight is 230 g/mol. The molecule has 1 aliphatic rings. The Kier molecular flexibility index (Phi) is 2.44. The smallest absolute Gasteiger partial charge is 0.268 e. The third-order valence-corrected chi connectivity index (χ3v) is 2.95. The van der Waals surface area contributed by atoms with Crippen molar-refractivity contribution in [3.05, 3.63) is 42.2 Å². The summed E-state index contributed by atoms with van der Waals surface area (Å²) in [6.07, 6.45) is 7.64. The highest BCUT2D eigenvalue weighted by Crippen LogP contribution is 2.35. The molecule has 0 aromatic carbocycles. The minimum absolute atomic E-state index is 0.0310. The fraction of sp³-hybridized carbons (Fsp3) is 0.333. The number of rotatable bonds is 4. The van der Waals surface area contributed by atoms with Gasteiger partial charge in [-0.3, -0.25) is 4.79 Å². The van der Waals surface area contributed by atoms with Gasteiger partial charge in [0.2, 0.25) is 0 Å². The Labute approximate surface area is 98.9 Å². The zero-order valence-electron chi connectivity index (χ0n) is 9.39. The molecule has 2 heterocycles. The van der Waals surface area contributed by atoms with Crippen LogP contribution in [0.4, 0.5) is 0 Å². The molecule has 0 unspecified atom stereocenters. The van der Waals surface area contributed by atoms with Crippen molar-refractivity contribution in [2.24, 2.45) is 0 Å². The topological polar surface area (TPSA) is 62.7 Å². The van der Waals surface area contributed by atoms with Gasteiger partial charge in [-0.05, 0) is 25.0 Å². The maximum absolute atomic E-state index is 12.0. The summed E-state index contributed by atoms with van der Waals surface area (Å²) in [6, 6.07) is 4.31. The van der Waals surface area contributed by atoms with Gasteiger partial charge in [0.1, 0.15) is 5.69 Å². The molecular weight excluding hydrogens is 216 g/mol. The van der Waals surface area contributed by atoms with Crippen molar-refractivity contribution in [1.29, 1.82) is 0 Å². The number of aromatic amines is 1. The van der Waals surface area contributed by atoms with Crippen LogP contribution in [-0.4, -0.2) is 20.4 Å². The number of hydrogen-bond donors (Lipinski definition) is 2. The van der Waals surface area contributed by atoms with Crippen molar-refractivity contribution in [3.63, 3.8) is 0 Å². The van der Waals surface area contributed by atoms with Gasteiger partial charge in [0.15, 0.2) is 0 Å². The Bertz CT molecular complexity index is 510. The molecule has 0 atom stereocenters. The molecule has 2 aromatic rings. The molecule has 5 nitrogen and oxygen atoms in total. The first-order chi connectivity index (χ1) is 8.34. The number of nitrogens with one attached hydrogen (secondary N) is 2. The van der Waals surface area contributed by atoms with Gasteiger partial charge in [-0.25, -0.2) is 4.98 Å². The van der Waals surface area contributed by atoms with E-state index in [-0.39, 0.29) is 5.91 Å². The molecular formula is C12H14N4O. The van der Waals surface area contributed by atoms with Crippen molar-refractivity contribution in [2.75, 3.05) is 0 Å². The molecule has 0 spiro atoms. The van der Waals surface area contributed by atoms with Crippen molar-refractivity contribution < 1.29 is 4.79 Å². The first-order valence-corrected chi connectivity index (χ1v) is 5.77. The lowest BCUT2D eigenvalue weighted by molar-refractivity contribution is 0.0941. The van der Waals surface area contributed by atoms with E-state index >= 15 is 0 Å². The highest BCUT2D eigenvalue weighted by molar-refractivity contribution is 5.92. The molecule has 88 valence electrons. The van der Waals surface area contributed by atoms with Crippen LogP contribution in [0.1, 0.15) is 35.1 Å². The van der Waals surface area contributed by atoms with Crippen LogP contribution in [0.2, 0.25) is 0 Å². The van der Waals surface area contributed by atoms with Crippen LogP contribution in [0, 0.1) is 0 Å². The third-order valence-electron chi connectivity index (χ3n) is 2.95. The zero-order valence-corrected chi connectivity index (χ0v) is 9.39. The fourth-order valence-electron chi connectivity index (χ4n) is 1.90. The van der Waals surface area contributed by atoms with Gasteiger partial charge in [-0.1, -0.05) is 0 Å². The number of carbonyl (C=O) groups excluding carboxylic acids is 1. The van der Waals surface area contributed by atoms with Crippen LogP contribution in [0.5, 0.6) is 0 Å². The fourth-order valence-corrected chi connectivity index (χ4v) is 1.90. The minimum atomic E-state index is -0.0310. The molecule has 3 rings (SSSR count). The van der Waals surface area contributed by atoms with E-state index in [1.165, 1.54) is 12.8 Å². The van der Waals surface area contributed by atoms with E-state index in [1.54, 1.807) is 12.5 Å². The number of hydrogen-bond acceptors (Lipinski definition) is 2. The number of carbonyl (C=O) groups is 1. The number of aromatic nitrogens is 3. The van der Waals surface area contributed by atoms with Gasteiger partial charge < -0.3 is 14.9 Å². The molecule has 0 saturated heterocycles. The quantitative estimate of drug-likeness (QED) is 0.835. The summed E-state index contributed by atoms with van der Waals surface area (Å²) >= 11 is 0. The minimum Gasteiger partial charge on any atom is -0.347 e. The van der Waals surface area contributed by atoms with Crippen molar-refractivity contribution in [2.45, 2.75) is 25.4 Å². The van der Waals surface area contributed by atoms with E-state index in [0.29, 0.717) is 12.6 Å². The van der Waals surface area contributed by atoms with Crippen LogP contribution >= 0.6 is 0 Å². The first-order valence-electron chi connectivity index (χ1n) is 5.77. The van der Waals surface area contributed by atoms with Crippen LogP contribution in [0.3, 0.4) is 0 Å². The van der Waals surface area contributed by atoms with Crippen molar-refractivity contribution in [3.8, 4) is 0 Å². The highest BCUT2D eigenvalue weighted by atomic mass is 16.1. The predicted octanol–water partition coefficient (Wildman–Crippen LogP) is 1.48. The molecule has 5 heteroatoms. The summed E-state index contributed by atoms with van der Waals surface area (Å²) in [5, 5.41) is 2.88. The summed E-state index contributed by atoms with van der Waals surface area (Å²) < 4.78 is 2.06. The second-order valence-electron chi connectivity index (χ2n) is 4.29. The lowest BCUT2D eigenvalue weighted by atomic mass is 10.3. The number of imidazole rings is 1. The summed E-state index contributed by atoms with van der Waals surface area (Å²) in [7, 11) is 0. The van der Waals surface area contributed by atoms with Gasteiger partial charge in [-0.15, -0.1) is 0 Å². The maximum atomic E-state index is 12.0. The van der Waals surface area contributed by atoms with Crippen molar-refractivity contribution >= 4 is 5.91 Å². The first kappa shape index (κ1) is 10.1. The molecule has 0 radical (unpaired) electrons. The second kappa shape index (κ2) is 4.08. The van der Waals surface area contributed by atoms with Crippen LogP contribution in [0.15, 0.2) is 30.9 Å². The van der Waals surface area contributed by atoms with E-state index in [2.05, 4.69) is 19.9 Å². The summed E-state index contributed by atoms with van der Waals surface area (Å²) in [6.45, 7) is 0.481. The van der Waals surface area contributed by atoms with E-state index in [0.717, 1.165) is 11.4 Å². The predicted molar refractivity (Wildman–Crippen MR) is 62.5 cm³/mol. The lowest BCUT2D eigenvalue weighted by Crippen LogP contribution is -2.25. The third kappa shape index (κ3) is 2.08. The molecule has 1 fully saturated rings. The van der Waals surface area contributed by atoms with Crippen LogP contribution in [0.25, 0.3) is 0 Å². The Morgan fingerprint density at radius 3 is 3.18 bits per heavy atom. The normalized spacial score (nSPS) is 14.8. The summed E-state index contributed by atoms with van der Waals surface area (Å²) in [4.78, 5) is 18.8. The van der Waals surface area contributed by atoms with E-state index < -0.39 is 0 Å². The van der Waals surface area contributed by atoms with E-state index in [4.69, 9.17) is 0 Å². The Balaban J connectivity index is 1.67. The van der Waals surface area contributed by atoms with Gasteiger partial charge in [0, 0.05) is 18.4 Å². The van der Waals surface area contributed by atoms with Crippen LogP contribution < -0.4 is 5.32 Å². The number of nitrogens with zero attached hydrogens (tertiary/aromatic N) is 2. The van der Waals surface area contributed by atoms with Gasteiger partial charge in [0.05, 0.1) is 18.6 Å². The number of amides is 1.